The quantitative estimate of drug-likeness (QED) is 0.720. The van der Waals surface area contributed by atoms with E-state index in [1.807, 2.05) is 6.92 Å². The Morgan fingerprint density at radius 2 is 1.83 bits per heavy atom. The van der Waals surface area contributed by atoms with Gasteiger partial charge in [0.05, 0.1) is 11.7 Å². The van der Waals surface area contributed by atoms with Gasteiger partial charge in [0.15, 0.2) is 0 Å². The van der Waals surface area contributed by atoms with Crippen molar-refractivity contribution in [2.45, 2.75) is 83.8 Å². The molecule has 4 fully saturated rings. The third kappa shape index (κ3) is 1.99. The van der Waals surface area contributed by atoms with Crippen molar-refractivity contribution in [3.63, 3.8) is 0 Å². The maximum absolute atomic E-state index is 11.9. The van der Waals surface area contributed by atoms with E-state index in [0.29, 0.717) is 35.9 Å². The van der Waals surface area contributed by atoms with Crippen LogP contribution in [0.5, 0.6) is 0 Å². The van der Waals surface area contributed by atoms with Crippen LogP contribution >= 0.6 is 0 Å². The van der Waals surface area contributed by atoms with Crippen LogP contribution in [0.4, 0.5) is 0 Å². The van der Waals surface area contributed by atoms with Crippen LogP contribution in [0.25, 0.3) is 0 Å². The lowest BCUT2D eigenvalue weighted by atomic mass is 9.44. The molecule has 0 bridgehead atoms. The largest absolute Gasteiger partial charge is 0.393 e. The van der Waals surface area contributed by atoms with Crippen molar-refractivity contribution in [2.75, 3.05) is 0 Å². The van der Waals surface area contributed by atoms with Crippen molar-refractivity contribution in [1.29, 1.82) is 0 Å². The van der Waals surface area contributed by atoms with E-state index in [0.717, 1.165) is 44.9 Å². The molecule has 0 aromatic heterocycles. The normalized spacial score (nSPS) is 59.2. The summed E-state index contributed by atoms with van der Waals surface area (Å²) in [6.07, 6.45) is 6.99. The van der Waals surface area contributed by atoms with Crippen molar-refractivity contribution in [2.24, 2.45) is 34.5 Å². The fourth-order valence-electron chi connectivity index (χ4n) is 7.39. The predicted molar refractivity (Wildman–Crippen MR) is 88.7 cm³/mol. The summed E-state index contributed by atoms with van der Waals surface area (Å²) < 4.78 is 0. The first kappa shape index (κ1) is 16.1. The van der Waals surface area contributed by atoms with Crippen LogP contribution in [0, 0.1) is 34.5 Å². The molecular weight excluding hydrogens is 288 g/mol. The molecule has 4 aliphatic carbocycles. The van der Waals surface area contributed by atoms with Gasteiger partial charge in [0, 0.05) is 18.3 Å². The Kier molecular flexibility index (Phi) is 3.37. The number of aliphatic hydroxyl groups excluding tert-OH is 1. The molecule has 23 heavy (non-hydrogen) atoms. The molecule has 3 heteroatoms. The molecule has 130 valence electrons. The molecule has 0 aromatic rings. The molecular formula is C20H32O3. The fraction of sp³-hybridized carbons (Fsp3) is 0.950. The van der Waals surface area contributed by atoms with Gasteiger partial charge in [-0.15, -0.1) is 0 Å². The first-order chi connectivity index (χ1) is 10.7. The van der Waals surface area contributed by atoms with Crippen LogP contribution < -0.4 is 0 Å². The van der Waals surface area contributed by atoms with Crippen LogP contribution in [0.15, 0.2) is 0 Å². The standard InChI is InChI=1S/C20H32O3/c1-18-8-6-13(21)10-12(18)4-5-14-15-7-9-20(3,23)19(15,2)11-16(22)17(14)18/h12,14-17,22-23H,4-11H2,1-3H3/t12-,14-,15+,16+,17+,18-,19-,20-/m0/s1. The van der Waals surface area contributed by atoms with Gasteiger partial charge in [0.2, 0.25) is 0 Å². The number of Topliss-reactive ketones (excluding diaryl/α,β-unsaturated/α-hetero) is 1. The van der Waals surface area contributed by atoms with Crippen molar-refractivity contribution in [3.05, 3.63) is 0 Å². The molecule has 4 saturated carbocycles. The predicted octanol–water partition coefficient (Wildman–Crippen LogP) is 3.32. The summed E-state index contributed by atoms with van der Waals surface area (Å²) in [4.78, 5) is 11.9. The molecule has 0 aliphatic heterocycles. The zero-order valence-corrected chi connectivity index (χ0v) is 14.8. The van der Waals surface area contributed by atoms with Crippen LogP contribution in [0.3, 0.4) is 0 Å². The van der Waals surface area contributed by atoms with Gasteiger partial charge in [-0.1, -0.05) is 13.8 Å². The van der Waals surface area contributed by atoms with E-state index in [4.69, 9.17) is 0 Å². The highest BCUT2D eigenvalue weighted by molar-refractivity contribution is 5.79. The number of rotatable bonds is 0. The average Bonchev–Trinajstić information content (AvgIpc) is 2.69. The highest BCUT2D eigenvalue weighted by Crippen LogP contribution is 2.67. The number of aliphatic hydroxyl groups is 2. The van der Waals surface area contributed by atoms with Crippen LogP contribution in [0.1, 0.15) is 72.1 Å². The molecule has 3 nitrogen and oxygen atoms in total. The van der Waals surface area contributed by atoms with Gasteiger partial charge in [-0.2, -0.15) is 0 Å². The number of carbonyl (C=O) groups excluding carboxylic acids is 1. The Hall–Kier alpha value is -0.410. The second kappa shape index (κ2) is 4.82. The van der Waals surface area contributed by atoms with Gasteiger partial charge in [-0.25, -0.2) is 0 Å². The zero-order valence-electron chi connectivity index (χ0n) is 14.8. The lowest BCUT2D eigenvalue weighted by Crippen LogP contribution is -2.60. The van der Waals surface area contributed by atoms with Crippen molar-refractivity contribution >= 4 is 5.78 Å². The van der Waals surface area contributed by atoms with Gasteiger partial charge < -0.3 is 10.2 Å². The van der Waals surface area contributed by atoms with E-state index in [1.54, 1.807) is 0 Å². The van der Waals surface area contributed by atoms with E-state index in [9.17, 15) is 15.0 Å². The third-order valence-electron chi connectivity index (χ3n) is 8.98. The summed E-state index contributed by atoms with van der Waals surface area (Å²) in [6, 6.07) is 0. The smallest absolute Gasteiger partial charge is 0.133 e. The Bertz CT molecular complexity index is 527. The maximum atomic E-state index is 11.9. The first-order valence-electron chi connectivity index (χ1n) is 9.61. The summed E-state index contributed by atoms with van der Waals surface area (Å²) in [5, 5.41) is 22.1. The van der Waals surface area contributed by atoms with Gasteiger partial charge in [-0.05, 0) is 74.5 Å². The SMILES string of the molecule is C[C@]12CCC(=O)C[C@@H]1CC[C@@H]1[C@@H]2[C@H](O)C[C@@]2(C)[C@@H]1CC[C@]2(C)O. The van der Waals surface area contributed by atoms with Crippen molar-refractivity contribution < 1.29 is 15.0 Å². The Labute approximate surface area is 139 Å². The Balaban J connectivity index is 1.70. The summed E-state index contributed by atoms with van der Waals surface area (Å²) in [5.41, 5.74) is -0.683. The molecule has 8 atom stereocenters. The van der Waals surface area contributed by atoms with E-state index in [2.05, 4.69) is 13.8 Å². The average molecular weight is 320 g/mol. The van der Waals surface area contributed by atoms with Crippen molar-refractivity contribution in [3.8, 4) is 0 Å². The van der Waals surface area contributed by atoms with E-state index >= 15 is 0 Å². The molecule has 0 amide bonds. The minimum Gasteiger partial charge on any atom is -0.393 e. The Morgan fingerprint density at radius 1 is 1.09 bits per heavy atom. The molecule has 4 rings (SSSR count). The minimum atomic E-state index is -0.649. The number of hydrogen-bond acceptors (Lipinski definition) is 3. The molecule has 0 unspecified atom stereocenters. The van der Waals surface area contributed by atoms with Gasteiger partial charge in [0.1, 0.15) is 5.78 Å². The number of ketones is 1. The van der Waals surface area contributed by atoms with Gasteiger partial charge in [-0.3, -0.25) is 4.79 Å². The molecule has 0 radical (unpaired) electrons. The molecule has 0 spiro atoms. The molecule has 0 aromatic carbocycles. The molecule has 0 saturated heterocycles. The van der Waals surface area contributed by atoms with Crippen LogP contribution in [0.2, 0.25) is 0 Å². The minimum absolute atomic E-state index is 0.117. The van der Waals surface area contributed by atoms with Crippen LogP contribution in [-0.2, 0) is 4.79 Å². The topological polar surface area (TPSA) is 57.5 Å². The van der Waals surface area contributed by atoms with E-state index in [1.165, 1.54) is 0 Å². The number of hydrogen-bond donors (Lipinski definition) is 2. The summed E-state index contributed by atoms with van der Waals surface area (Å²) in [5.74, 6) is 2.26. The summed E-state index contributed by atoms with van der Waals surface area (Å²) in [7, 11) is 0. The van der Waals surface area contributed by atoms with E-state index in [-0.39, 0.29) is 16.9 Å². The van der Waals surface area contributed by atoms with E-state index < -0.39 is 5.60 Å². The highest BCUT2D eigenvalue weighted by atomic mass is 16.3. The third-order valence-corrected chi connectivity index (χ3v) is 8.98. The Morgan fingerprint density at radius 3 is 2.57 bits per heavy atom. The van der Waals surface area contributed by atoms with Gasteiger partial charge >= 0.3 is 0 Å². The molecule has 4 aliphatic rings. The zero-order chi connectivity index (χ0) is 16.6. The lowest BCUT2D eigenvalue weighted by Gasteiger charge is -2.62. The monoisotopic (exact) mass is 320 g/mol. The number of carbonyl (C=O) groups is 1. The van der Waals surface area contributed by atoms with Gasteiger partial charge in [0.25, 0.3) is 0 Å². The summed E-state index contributed by atoms with van der Waals surface area (Å²) in [6.45, 7) is 6.54. The fourth-order valence-corrected chi connectivity index (χ4v) is 7.39. The summed E-state index contributed by atoms with van der Waals surface area (Å²) >= 11 is 0. The maximum Gasteiger partial charge on any atom is 0.133 e. The second-order valence-corrected chi connectivity index (χ2v) is 9.82. The molecule has 0 heterocycles. The number of fused-ring (bicyclic) bond motifs is 5. The second-order valence-electron chi connectivity index (χ2n) is 9.82. The highest BCUT2D eigenvalue weighted by Gasteiger charge is 2.65. The first-order valence-corrected chi connectivity index (χ1v) is 9.61. The van der Waals surface area contributed by atoms with Crippen molar-refractivity contribution in [1.82, 2.24) is 0 Å². The van der Waals surface area contributed by atoms with Crippen LogP contribution in [-0.4, -0.2) is 27.7 Å². The lowest BCUT2D eigenvalue weighted by molar-refractivity contribution is -0.192. The molecule has 2 N–H and O–H groups in total.